The summed E-state index contributed by atoms with van der Waals surface area (Å²) in [5.41, 5.74) is 0.812. The van der Waals surface area contributed by atoms with Crippen LogP contribution in [0.25, 0.3) is 0 Å². The highest BCUT2D eigenvalue weighted by Crippen LogP contribution is 2.34. The molecule has 0 saturated heterocycles. The molecule has 0 aromatic heterocycles. The lowest BCUT2D eigenvalue weighted by Gasteiger charge is -2.11. The smallest absolute Gasteiger partial charge is 0.141 e. The summed E-state index contributed by atoms with van der Waals surface area (Å²) >= 11 is 3.42. The standard InChI is InChI=1S/C15H15BrO4/c1-18-11-6-12(19-2)8-13(7-11)20-15-4-3-10(9-17)5-14(15)16/h3-8,17H,9H2,1-2H3. The zero-order valence-electron chi connectivity index (χ0n) is 11.2. The normalized spacial score (nSPS) is 10.2. The van der Waals surface area contributed by atoms with Gasteiger partial charge in [-0.1, -0.05) is 6.07 Å². The minimum atomic E-state index is -0.00807. The molecule has 0 radical (unpaired) electrons. The molecule has 106 valence electrons. The number of hydrogen-bond donors (Lipinski definition) is 1. The SMILES string of the molecule is COc1cc(OC)cc(Oc2ccc(CO)cc2Br)c1. The highest BCUT2D eigenvalue weighted by molar-refractivity contribution is 9.10. The van der Waals surface area contributed by atoms with Crippen LogP contribution >= 0.6 is 15.9 Å². The van der Waals surface area contributed by atoms with Gasteiger partial charge in [-0.05, 0) is 33.6 Å². The molecule has 0 heterocycles. The van der Waals surface area contributed by atoms with E-state index in [0.29, 0.717) is 23.0 Å². The molecule has 0 aliphatic heterocycles. The molecule has 0 saturated carbocycles. The van der Waals surface area contributed by atoms with Gasteiger partial charge in [-0.2, -0.15) is 0 Å². The van der Waals surface area contributed by atoms with E-state index in [4.69, 9.17) is 19.3 Å². The molecular weight excluding hydrogens is 324 g/mol. The van der Waals surface area contributed by atoms with E-state index in [1.54, 1.807) is 44.6 Å². The first kappa shape index (κ1) is 14.7. The molecule has 0 amide bonds. The topological polar surface area (TPSA) is 47.9 Å². The van der Waals surface area contributed by atoms with Gasteiger partial charge in [-0.3, -0.25) is 0 Å². The van der Waals surface area contributed by atoms with Crippen molar-refractivity contribution in [2.45, 2.75) is 6.61 Å². The van der Waals surface area contributed by atoms with E-state index in [2.05, 4.69) is 15.9 Å². The molecule has 0 aliphatic rings. The summed E-state index contributed by atoms with van der Waals surface area (Å²) in [7, 11) is 3.18. The maximum absolute atomic E-state index is 9.08. The summed E-state index contributed by atoms with van der Waals surface area (Å²) in [6.07, 6.45) is 0. The molecule has 4 nitrogen and oxygen atoms in total. The molecule has 0 fully saturated rings. The van der Waals surface area contributed by atoms with Crippen molar-refractivity contribution in [3.05, 3.63) is 46.4 Å². The Bertz CT molecular complexity index is 576. The Morgan fingerprint density at radius 1 is 0.950 bits per heavy atom. The van der Waals surface area contributed by atoms with E-state index < -0.39 is 0 Å². The zero-order valence-corrected chi connectivity index (χ0v) is 12.8. The van der Waals surface area contributed by atoms with Gasteiger partial charge in [0.05, 0.1) is 25.3 Å². The van der Waals surface area contributed by atoms with Gasteiger partial charge in [0.15, 0.2) is 0 Å². The summed E-state index contributed by atoms with van der Waals surface area (Å²) in [5.74, 6) is 2.57. The van der Waals surface area contributed by atoms with Crippen molar-refractivity contribution in [1.82, 2.24) is 0 Å². The van der Waals surface area contributed by atoms with Crippen LogP contribution in [-0.2, 0) is 6.61 Å². The second-order valence-corrected chi connectivity index (χ2v) is 4.93. The lowest BCUT2D eigenvalue weighted by Crippen LogP contribution is -1.91. The number of ether oxygens (including phenoxy) is 3. The van der Waals surface area contributed by atoms with E-state index >= 15 is 0 Å². The summed E-state index contributed by atoms with van der Waals surface area (Å²) in [6, 6.07) is 10.7. The molecule has 0 aliphatic carbocycles. The monoisotopic (exact) mass is 338 g/mol. The van der Waals surface area contributed by atoms with E-state index in [1.165, 1.54) is 0 Å². The quantitative estimate of drug-likeness (QED) is 0.901. The fourth-order valence-electron chi connectivity index (χ4n) is 1.69. The third kappa shape index (κ3) is 3.43. The number of aliphatic hydroxyl groups is 1. The Labute approximate surface area is 126 Å². The third-order valence-electron chi connectivity index (χ3n) is 2.73. The summed E-state index contributed by atoms with van der Waals surface area (Å²) in [5, 5.41) is 9.08. The summed E-state index contributed by atoms with van der Waals surface area (Å²) in [6.45, 7) is -0.00807. The average Bonchev–Trinajstić information content (AvgIpc) is 2.48. The first-order valence-corrected chi connectivity index (χ1v) is 6.75. The van der Waals surface area contributed by atoms with Crippen molar-refractivity contribution in [1.29, 1.82) is 0 Å². The molecular formula is C15H15BrO4. The lowest BCUT2D eigenvalue weighted by atomic mass is 10.2. The van der Waals surface area contributed by atoms with Crippen LogP contribution in [0.15, 0.2) is 40.9 Å². The Balaban J connectivity index is 2.29. The van der Waals surface area contributed by atoms with Crippen LogP contribution in [0, 0.1) is 0 Å². The maximum Gasteiger partial charge on any atom is 0.141 e. The number of halogens is 1. The van der Waals surface area contributed by atoms with E-state index in [-0.39, 0.29) is 6.61 Å². The summed E-state index contributed by atoms with van der Waals surface area (Å²) < 4.78 is 17.0. The molecule has 2 aromatic carbocycles. The van der Waals surface area contributed by atoms with Gasteiger partial charge < -0.3 is 19.3 Å². The van der Waals surface area contributed by atoms with Crippen molar-refractivity contribution in [3.8, 4) is 23.0 Å². The van der Waals surface area contributed by atoms with E-state index in [9.17, 15) is 0 Å². The van der Waals surface area contributed by atoms with Gasteiger partial charge in [-0.25, -0.2) is 0 Å². The minimum absolute atomic E-state index is 0.00807. The van der Waals surface area contributed by atoms with Crippen LogP contribution in [-0.4, -0.2) is 19.3 Å². The first-order chi connectivity index (χ1) is 9.66. The number of benzene rings is 2. The van der Waals surface area contributed by atoms with Crippen molar-refractivity contribution >= 4 is 15.9 Å². The molecule has 0 bridgehead atoms. The van der Waals surface area contributed by atoms with Gasteiger partial charge in [0.1, 0.15) is 23.0 Å². The molecule has 0 atom stereocenters. The molecule has 2 rings (SSSR count). The Kier molecular flexibility index (Phi) is 4.87. The average molecular weight is 339 g/mol. The highest BCUT2D eigenvalue weighted by atomic mass is 79.9. The highest BCUT2D eigenvalue weighted by Gasteiger charge is 2.07. The van der Waals surface area contributed by atoms with Crippen molar-refractivity contribution in [2.24, 2.45) is 0 Å². The third-order valence-corrected chi connectivity index (χ3v) is 3.35. The van der Waals surface area contributed by atoms with E-state index in [0.717, 1.165) is 10.0 Å². The predicted octanol–water partition coefficient (Wildman–Crippen LogP) is 3.75. The summed E-state index contributed by atoms with van der Waals surface area (Å²) in [4.78, 5) is 0. The number of hydrogen-bond acceptors (Lipinski definition) is 4. The number of methoxy groups -OCH3 is 2. The molecule has 1 N–H and O–H groups in total. The Hall–Kier alpha value is -1.72. The fourth-order valence-corrected chi connectivity index (χ4v) is 2.20. The predicted molar refractivity (Wildman–Crippen MR) is 79.7 cm³/mol. The number of aliphatic hydroxyl groups excluding tert-OH is 1. The first-order valence-electron chi connectivity index (χ1n) is 5.96. The van der Waals surface area contributed by atoms with Crippen molar-refractivity contribution < 1.29 is 19.3 Å². The van der Waals surface area contributed by atoms with Crippen LogP contribution in [0.1, 0.15) is 5.56 Å². The Morgan fingerprint density at radius 3 is 2.05 bits per heavy atom. The molecule has 0 unspecified atom stereocenters. The second kappa shape index (κ2) is 6.63. The van der Waals surface area contributed by atoms with Gasteiger partial charge in [0.25, 0.3) is 0 Å². The molecule has 2 aromatic rings. The van der Waals surface area contributed by atoms with Crippen LogP contribution in [0.4, 0.5) is 0 Å². The van der Waals surface area contributed by atoms with Gasteiger partial charge in [-0.15, -0.1) is 0 Å². The van der Waals surface area contributed by atoms with Gasteiger partial charge >= 0.3 is 0 Å². The molecule has 0 spiro atoms. The lowest BCUT2D eigenvalue weighted by molar-refractivity contribution is 0.281. The van der Waals surface area contributed by atoms with Crippen molar-refractivity contribution in [3.63, 3.8) is 0 Å². The molecule has 5 heteroatoms. The second-order valence-electron chi connectivity index (χ2n) is 4.07. The van der Waals surface area contributed by atoms with Crippen molar-refractivity contribution in [2.75, 3.05) is 14.2 Å². The van der Waals surface area contributed by atoms with Crippen LogP contribution in [0.2, 0.25) is 0 Å². The largest absolute Gasteiger partial charge is 0.496 e. The minimum Gasteiger partial charge on any atom is -0.496 e. The van der Waals surface area contributed by atoms with Crippen LogP contribution in [0.5, 0.6) is 23.0 Å². The maximum atomic E-state index is 9.08. The molecule has 20 heavy (non-hydrogen) atoms. The van der Waals surface area contributed by atoms with E-state index in [1.807, 2.05) is 6.07 Å². The fraction of sp³-hybridized carbons (Fsp3) is 0.200. The van der Waals surface area contributed by atoms with Gasteiger partial charge in [0, 0.05) is 18.2 Å². The Morgan fingerprint density at radius 2 is 1.55 bits per heavy atom. The van der Waals surface area contributed by atoms with Crippen LogP contribution in [0.3, 0.4) is 0 Å². The number of rotatable bonds is 5. The van der Waals surface area contributed by atoms with Gasteiger partial charge in [0.2, 0.25) is 0 Å². The van der Waals surface area contributed by atoms with Crippen LogP contribution < -0.4 is 14.2 Å². The zero-order chi connectivity index (χ0) is 14.5.